The summed E-state index contributed by atoms with van der Waals surface area (Å²) < 4.78 is 0. The van der Waals surface area contributed by atoms with Gasteiger partial charge in [0, 0.05) is 28.3 Å². The lowest BCUT2D eigenvalue weighted by molar-refractivity contribution is 0.311. The molecule has 5 heteroatoms. The SMILES string of the molecule is Cc1nc(NCCO)c2c(n1)-c1ccccc1SCC2. The van der Waals surface area contributed by atoms with Crippen molar-refractivity contribution in [2.45, 2.75) is 18.2 Å². The number of aliphatic hydroxyl groups excluding tert-OH is 1. The minimum Gasteiger partial charge on any atom is -0.395 e. The molecule has 4 nitrogen and oxygen atoms in total. The third kappa shape index (κ3) is 2.51. The van der Waals surface area contributed by atoms with E-state index in [1.165, 1.54) is 10.5 Å². The fraction of sp³-hybridized carbons (Fsp3) is 0.333. The number of aromatic nitrogens is 2. The molecule has 2 N–H and O–H groups in total. The van der Waals surface area contributed by atoms with Crippen LogP contribution in [0.2, 0.25) is 0 Å². The molecule has 1 aromatic heterocycles. The van der Waals surface area contributed by atoms with Gasteiger partial charge in [0.25, 0.3) is 0 Å². The fourth-order valence-corrected chi connectivity index (χ4v) is 3.45. The average molecular weight is 287 g/mol. The molecule has 3 rings (SSSR count). The number of rotatable bonds is 3. The molecule has 1 aliphatic rings. The molecule has 20 heavy (non-hydrogen) atoms. The van der Waals surface area contributed by atoms with E-state index in [1.54, 1.807) is 0 Å². The topological polar surface area (TPSA) is 58.0 Å². The first-order valence-corrected chi connectivity index (χ1v) is 7.72. The highest BCUT2D eigenvalue weighted by atomic mass is 32.2. The summed E-state index contributed by atoms with van der Waals surface area (Å²) in [5.74, 6) is 2.63. The summed E-state index contributed by atoms with van der Waals surface area (Å²) in [6, 6.07) is 8.38. The molecule has 2 heterocycles. The molecule has 1 aromatic carbocycles. The highest BCUT2D eigenvalue weighted by molar-refractivity contribution is 7.99. The number of thioether (sulfide) groups is 1. The predicted octanol–water partition coefficient (Wildman–Crippen LogP) is 2.50. The van der Waals surface area contributed by atoms with Gasteiger partial charge in [0.05, 0.1) is 12.3 Å². The number of hydrogen-bond donors (Lipinski definition) is 2. The van der Waals surface area contributed by atoms with Gasteiger partial charge >= 0.3 is 0 Å². The molecular formula is C15H17N3OS. The van der Waals surface area contributed by atoms with Crippen molar-refractivity contribution >= 4 is 17.6 Å². The first-order chi connectivity index (χ1) is 9.79. The summed E-state index contributed by atoms with van der Waals surface area (Å²) in [6.45, 7) is 2.52. The quantitative estimate of drug-likeness (QED) is 0.908. The Labute approximate surface area is 122 Å². The van der Waals surface area contributed by atoms with Crippen LogP contribution in [0.25, 0.3) is 11.3 Å². The minimum atomic E-state index is 0.100. The molecule has 0 bridgehead atoms. The summed E-state index contributed by atoms with van der Waals surface area (Å²) in [5.41, 5.74) is 3.36. The molecule has 0 unspecified atom stereocenters. The van der Waals surface area contributed by atoms with Crippen LogP contribution >= 0.6 is 11.8 Å². The standard InChI is InChI=1S/C15H17N3OS/c1-10-17-14-11-4-2-3-5-13(11)20-9-6-12(14)15(18-10)16-7-8-19/h2-5,19H,6-9H2,1H3,(H,16,17,18). The Kier molecular flexibility index (Phi) is 3.89. The number of nitrogens with one attached hydrogen (secondary N) is 1. The smallest absolute Gasteiger partial charge is 0.133 e. The summed E-state index contributed by atoms with van der Waals surface area (Å²) in [6.07, 6.45) is 0.933. The summed E-state index contributed by atoms with van der Waals surface area (Å²) in [5, 5.41) is 12.2. The van der Waals surface area contributed by atoms with E-state index < -0.39 is 0 Å². The highest BCUT2D eigenvalue weighted by Crippen LogP contribution is 2.38. The van der Waals surface area contributed by atoms with Gasteiger partial charge in [0.15, 0.2) is 0 Å². The van der Waals surface area contributed by atoms with Gasteiger partial charge in [-0.15, -0.1) is 11.8 Å². The van der Waals surface area contributed by atoms with Gasteiger partial charge in [-0.1, -0.05) is 18.2 Å². The maximum atomic E-state index is 9.00. The molecule has 104 valence electrons. The van der Waals surface area contributed by atoms with Crippen LogP contribution in [-0.2, 0) is 6.42 Å². The van der Waals surface area contributed by atoms with Crippen LogP contribution in [0.4, 0.5) is 5.82 Å². The zero-order chi connectivity index (χ0) is 13.9. The Morgan fingerprint density at radius 2 is 2.15 bits per heavy atom. The van der Waals surface area contributed by atoms with Crippen molar-refractivity contribution in [3.8, 4) is 11.3 Å². The van der Waals surface area contributed by atoms with Crippen LogP contribution in [0, 0.1) is 6.92 Å². The van der Waals surface area contributed by atoms with Crippen LogP contribution in [0.1, 0.15) is 11.4 Å². The summed E-state index contributed by atoms with van der Waals surface area (Å²) >= 11 is 1.86. The molecule has 0 saturated carbocycles. The molecular weight excluding hydrogens is 270 g/mol. The maximum absolute atomic E-state index is 9.00. The van der Waals surface area contributed by atoms with E-state index >= 15 is 0 Å². The van der Waals surface area contributed by atoms with Crippen molar-refractivity contribution in [1.82, 2.24) is 9.97 Å². The Hall–Kier alpha value is -1.59. The number of benzene rings is 1. The van der Waals surface area contributed by atoms with E-state index in [4.69, 9.17) is 5.11 Å². The maximum Gasteiger partial charge on any atom is 0.133 e. The second kappa shape index (κ2) is 5.81. The van der Waals surface area contributed by atoms with E-state index in [0.29, 0.717) is 6.54 Å². The third-order valence-corrected chi connectivity index (χ3v) is 4.35. The summed E-state index contributed by atoms with van der Waals surface area (Å²) in [4.78, 5) is 10.4. The molecule has 0 saturated heterocycles. The second-order valence-electron chi connectivity index (χ2n) is 4.69. The van der Waals surface area contributed by atoms with Crippen molar-refractivity contribution in [2.24, 2.45) is 0 Å². The minimum absolute atomic E-state index is 0.100. The van der Waals surface area contributed by atoms with Gasteiger partial charge in [0.1, 0.15) is 11.6 Å². The van der Waals surface area contributed by atoms with Crippen molar-refractivity contribution in [3.05, 3.63) is 35.7 Å². The summed E-state index contributed by atoms with van der Waals surface area (Å²) in [7, 11) is 0. The van der Waals surface area contributed by atoms with Gasteiger partial charge in [-0.3, -0.25) is 0 Å². The van der Waals surface area contributed by atoms with Crippen molar-refractivity contribution < 1.29 is 5.11 Å². The lowest BCUT2D eigenvalue weighted by Gasteiger charge is -2.14. The first-order valence-electron chi connectivity index (χ1n) is 6.74. The van der Waals surface area contributed by atoms with Crippen molar-refractivity contribution in [1.29, 1.82) is 0 Å². The molecule has 0 atom stereocenters. The molecule has 0 radical (unpaired) electrons. The fourth-order valence-electron chi connectivity index (χ4n) is 2.43. The van der Waals surface area contributed by atoms with Crippen LogP contribution in [-0.4, -0.2) is 34.0 Å². The Bertz CT molecular complexity index is 631. The van der Waals surface area contributed by atoms with Gasteiger partial charge < -0.3 is 10.4 Å². The molecule has 0 aliphatic carbocycles. The van der Waals surface area contributed by atoms with Gasteiger partial charge in [-0.2, -0.15) is 0 Å². The Morgan fingerprint density at radius 1 is 1.30 bits per heavy atom. The van der Waals surface area contributed by atoms with Crippen molar-refractivity contribution in [2.75, 3.05) is 24.2 Å². The molecule has 2 aromatic rings. The van der Waals surface area contributed by atoms with E-state index in [1.807, 2.05) is 24.8 Å². The van der Waals surface area contributed by atoms with Crippen LogP contribution in [0.3, 0.4) is 0 Å². The second-order valence-corrected chi connectivity index (χ2v) is 5.83. The lowest BCUT2D eigenvalue weighted by Crippen LogP contribution is -2.12. The third-order valence-electron chi connectivity index (χ3n) is 3.27. The monoisotopic (exact) mass is 287 g/mol. The van der Waals surface area contributed by atoms with E-state index in [-0.39, 0.29) is 6.61 Å². The number of aliphatic hydroxyl groups is 1. The van der Waals surface area contributed by atoms with Gasteiger partial charge in [-0.25, -0.2) is 9.97 Å². The molecule has 0 spiro atoms. The molecule has 0 amide bonds. The lowest BCUT2D eigenvalue weighted by atomic mass is 10.0. The van der Waals surface area contributed by atoms with Crippen molar-refractivity contribution in [3.63, 3.8) is 0 Å². The number of nitrogens with zero attached hydrogens (tertiary/aromatic N) is 2. The highest BCUT2D eigenvalue weighted by Gasteiger charge is 2.20. The largest absolute Gasteiger partial charge is 0.395 e. The van der Waals surface area contributed by atoms with Gasteiger partial charge in [0.2, 0.25) is 0 Å². The normalized spacial score (nSPS) is 13.3. The zero-order valence-corrected chi connectivity index (χ0v) is 12.2. The Morgan fingerprint density at radius 3 is 3.00 bits per heavy atom. The molecule has 0 fully saturated rings. The van der Waals surface area contributed by atoms with Crippen LogP contribution < -0.4 is 5.32 Å². The predicted molar refractivity (Wildman–Crippen MR) is 82.2 cm³/mol. The van der Waals surface area contributed by atoms with E-state index in [0.717, 1.165) is 35.1 Å². The average Bonchev–Trinajstić information content (AvgIpc) is 2.64. The molecule has 1 aliphatic heterocycles. The number of fused-ring (bicyclic) bond motifs is 3. The van der Waals surface area contributed by atoms with Crippen LogP contribution in [0.5, 0.6) is 0 Å². The van der Waals surface area contributed by atoms with Crippen LogP contribution in [0.15, 0.2) is 29.2 Å². The first kappa shape index (κ1) is 13.4. The zero-order valence-electron chi connectivity index (χ0n) is 11.4. The van der Waals surface area contributed by atoms with Gasteiger partial charge in [-0.05, 0) is 19.4 Å². The Balaban J connectivity index is 2.15. The number of anilines is 1. The van der Waals surface area contributed by atoms with E-state index in [2.05, 4.69) is 33.5 Å². The number of aryl methyl sites for hydroxylation is 1. The van der Waals surface area contributed by atoms with E-state index in [9.17, 15) is 0 Å². The number of hydrogen-bond acceptors (Lipinski definition) is 5.